The van der Waals surface area contributed by atoms with Gasteiger partial charge in [-0.15, -0.1) is 0 Å². The molecule has 0 aliphatic heterocycles. The van der Waals surface area contributed by atoms with Crippen LogP contribution in [0, 0.1) is 0 Å². The van der Waals surface area contributed by atoms with Crippen LogP contribution in [0.25, 0.3) is 10.9 Å². The fraction of sp³-hybridized carbons (Fsp3) is 0.0435. The van der Waals surface area contributed by atoms with Crippen LogP contribution in [0.15, 0.2) is 90.2 Å². The number of benzene rings is 3. The van der Waals surface area contributed by atoms with Gasteiger partial charge in [-0.1, -0.05) is 77.8 Å². The summed E-state index contributed by atoms with van der Waals surface area (Å²) in [6.45, 7) is 0.167. The number of hydrogen-bond donors (Lipinski definition) is 1. The number of aromatic nitrogens is 1. The quantitative estimate of drug-likeness (QED) is 0.334. The van der Waals surface area contributed by atoms with Crippen LogP contribution in [0.5, 0.6) is 0 Å². The molecule has 3 aromatic carbocycles. The van der Waals surface area contributed by atoms with Crippen LogP contribution in [0.2, 0.25) is 10.0 Å². The summed E-state index contributed by atoms with van der Waals surface area (Å²) in [5, 5.41) is 6.38. The number of nitrogens with zero attached hydrogens (tertiary/aromatic N) is 2. The fourth-order valence-electron chi connectivity index (χ4n) is 3.12. The molecule has 0 aliphatic carbocycles. The molecule has 4 nitrogen and oxygen atoms in total. The summed E-state index contributed by atoms with van der Waals surface area (Å²) >= 11 is 12.2. The number of fused-ring (bicyclic) bond motifs is 1. The first-order valence-electron chi connectivity index (χ1n) is 9.03. The lowest BCUT2D eigenvalue weighted by molar-refractivity contribution is -0.121. The fourth-order valence-corrected chi connectivity index (χ4v) is 3.42. The van der Waals surface area contributed by atoms with E-state index >= 15 is 0 Å². The third-order valence-corrected chi connectivity index (χ3v) is 5.27. The molecule has 1 amide bonds. The highest BCUT2D eigenvalue weighted by Crippen LogP contribution is 2.24. The highest BCUT2D eigenvalue weighted by atomic mass is 35.5. The monoisotopic (exact) mass is 421 g/mol. The summed E-state index contributed by atoms with van der Waals surface area (Å²) < 4.78 is 1.89. The molecule has 1 N–H and O–H groups in total. The first kappa shape index (κ1) is 19.2. The number of carbonyl (C=O) groups is 1. The largest absolute Gasteiger partial charge is 0.338 e. The van der Waals surface area contributed by atoms with Crippen LogP contribution < -0.4 is 5.43 Å². The van der Waals surface area contributed by atoms with Gasteiger partial charge in [0.05, 0.1) is 15.8 Å². The molecule has 144 valence electrons. The number of carbonyl (C=O) groups excluding carboxylic acids is 1. The van der Waals surface area contributed by atoms with Crippen molar-refractivity contribution in [3.8, 4) is 0 Å². The average molecular weight is 422 g/mol. The summed E-state index contributed by atoms with van der Waals surface area (Å²) in [7, 11) is 0. The number of amides is 1. The lowest BCUT2D eigenvalue weighted by atomic mass is 10.0. The minimum absolute atomic E-state index is 0.167. The van der Waals surface area contributed by atoms with Crippen LogP contribution in [-0.2, 0) is 11.3 Å². The van der Waals surface area contributed by atoms with E-state index in [-0.39, 0.29) is 12.5 Å². The minimum Gasteiger partial charge on any atom is -0.338 e. The second-order valence-corrected chi connectivity index (χ2v) is 7.31. The van der Waals surface area contributed by atoms with Crippen molar-refractivity contribution in [1.82, 2.24) is 9.99 Å². The molecule has 0 radical (unpaired) electrons. The maximum Gasteiger partial charge on any atom is 0.260 e. The van der Waals surface area contributed by atoms with E-state index in [0.29, 0.717) is 15.8 Å². The summed E-state index contributed by atoms with van der Waals surface area (Å²) in [6.07, 6.45) is 1.89. The van der Waals surface area contributed by atoms with E-state index < -0.39 is 0 Å². The molecule has 0 fully saturated rings. The van der Waals surface area contributed by atoms with Gasteiger partial charge in [0.25, 0.3) is 5.91 Å². The van der Waals surface area contributed by atoms with E-state index in [2.05, 4.69) is 10.5 Å². The van der Waals surface area contributed by atoms with E-state index in [9.17, 15) is 4.79 Å². The van der Waals surface area contributed by atoms with Crippen LogP contribution in [-0.4, -0.2) is 16.2 Å². The summed E-state index contributed by atoms with van der Waals surface area (Å²) in [5.74, 6) is -0.222. The Morgan fingerprint density at radius 1 is 0.862 bits per heavy atom. The molecule has 0 aliphatic rings. The van der Waals surface area contributed by atoms with E-state index in [1.54, 1.807) is 12.1 Å². The van der Waals surface area contributed by atoms with E-state index in [1.807, 2.05) is 77.5 Å². The predicted molar refractivity (Wildman–Crippen MR) is 119 cm³/mol. The summed E-state index contributed by atoms with van der Waals surface area (Å²) in [5.41, 5.74) is 5.90. The normalized spacial score (nSPS) is 11.6. The standard InChI is InChI=1S/C23H17Cl2N3O/c24-19-11-10-18(14-20(19)25)23(17-7-2-1-3-8-17)27-26-22(29)15-28-13-12-16-6-4-5-9-21(16)28/h1-14H,15H2,(H,26,29). The molecular weight excluding hydrogens is 405 g/mol. The van der Waals surface area contributed by atoms with Crippen molar-refractivity contribution < 1.29 is 4.79 Å². The van der Waals surface area contributed by atoms with Crippen molar-refractivity contribution in [3.05, 3.63) is 106 Å². The number of hydrogen-bond acceptors (Lipinski definition) is 2. The van der Waals surface area contributed by atoms with Crippen LogP contribution >= 0.6 is 23.2 Å². The van der Waals surface area contributed by atoms with Crippen molar-refractivity contribution in [2.75, 3.05) is 0 Å². The Hall–Kier alpha value is -3.08. The van der Waals surface area contributed by atoms with Gasteiger partial charge in [-0.3, -0.25) is 4.79 Å². The predicted octanol–water partition coefficient (Wildman–Crippen LogP) is 5.52. The molecule has 0 saturated carbocycles. The maximum atomic E-state index is 12.6. The lowest BCUT2D eigenvalue weighted by Crippen LogP contribution is -2.24. The first-order valence-corrected chi connectivity index (χ1v) is 9.78. The van der Waals surface area contributed by atoms with E-state index in [1.165, 1.54) is 0 Å². The van der Waals surface area contributed by atoms with Crippen molar-refractivity contribution in [3.63, 3.8) is 0 Å². The van der Waals surface area contributed by atoms with Crippen LogP contribution in [0.1, 0.15) is 11.1 Å². The smallest absolute Gasteiger partial charge is 0.260 e. The van der Waals surface area contributed by atoms with Gasteiger partial charge in [0.2, 0.25) is 0 Å². The summed E-state index contributed by atoms with van der Waals surface area (Å²) in [4.78, 5) is 12.6. The molecule has 0 spiro atoms. The van der Waals surface area contributed by atoms with Gasteiger partial charge in [-0.25, -0.2) is 5.43 Å². The third-order valence-electron chi connectivity index (χ3n) is 4.53. The molecule has 0 bridgehead atoms. The molecule has 0 atom stereocenters. The number of para-hydroxylation sites is 1. The second kappa shape index (κ2) is 8.52. The van der Waals surface area contributed by atoms with Gasteiger partial charge in [0.1, 0.15) is 6.54 Å². The number of halogens is 2. The SMILES string of the molecule is O=C(Cn1ccc2ccccc21)NN=C(c1ccccc1)c1ccc(Cl)c(Cl)c1. The number of nitrogens with one attached hydrogen (secondary N) is 1. The van der Waals surface area contributed by atoms with Gasteiger partial charge >= 0.3 is 0 Å². The zero-order chi connectivity index (χ0) is 20.2. The van der Waals surface area contributed by atoms with Crippen molar-refractivity contribution in [1.29, 1.82) is 0 Å². The first-order chi connectivity index (χ1) is 14.1. The average Bonchev–Trinajstić information content (AvgIpc) is 3.14. The molecule has 1 heterocycles. The van der Waals surface area contributed by atoms with Crippen LogP contribution in [0.3, 0.4) is 0 Å². The highest BCUT2D eigenvalue weighted by Gasteiger charge is 2.11. The topological polar surface area (TPSA) is 46.4 Å². The Bertz CT molecular complexity index is 1200. The summed E-state index contributed by atoms with van der Waals surface area (Å²) in [6, 6.07) is 24.8. The van der Waals surface area contributed by atoms with Gasteiger partial charge in [-0.05, 0) is 29.7 Å². The molecule has 0 saturated heterocycles. The zero-order valence-electron chi connectivity index (χ0n) is 15.3. The van der Waals surface area contributed by atoms with Crippen LogP contribution in [0.4, 0.5) is 0 Å². The molecule has 6 heteroatoms. The number of hydrazone groups is 1. The van der Waals surface area contributed by atoms with E-state index in [4.69, 9.17) is 23.2 Å². The zero-order valence-corrected chi connectivity index (χ0v) is 16.9. The maximum absolute atomic E-state index is 12.6. The lowest BCUT2D eigenvalue weighted by Gasteiger charge is -2.10. The molecule has 4 aromatic rings. The Morgan fingerprint density at radius 2 is 1.62 bits per heavy atom. The van der Waals surface area contributed by atoms with Gasteiger partial charge in [0.15, 0.2) is 0 Å². The molecular formula is C23H17Cl2N3O. The Labute approximate surface area is 178 Å². The van der Waals surface area contributed by atoms with Crippen molar-refractivity contribution in [2.24, 2.45) is 5.10 Å². The highest BCUT2D eigenvalue weighted by molar-refractivity contribution is 6.42. The van der Waals surface area contributed by atoms with E-state index in [0.717, 1.165) is 22.0 Å². The molecule has 4 rings (SSSR count). The van der Waals surface area contributed by atoms with Gasteiger partial charge in [0, 0.05) is 22.8 Å². The second-order valence-electron chi connectivity index (χ2n) is 6.49. The minimum atomic E-state index is -0.222. The van der Waals surface area contributed by atoms with Gasteiger partial charge < -0.3 is 4.57 Å². The Morgan fingerprint density at radius 3 is 2.41 bits per heavy atom. The van der Waals surface area contributed by atoms with Crippen molar-refractivity contribution >= 4 is 45.7 Å². The van der Waals surface area contributed by atoms with Gasteiger partial charge in [-0.2, -0.15) is 5.10 Å². The Kier molecular flexibility index (Phi) is 5.65. The molecule has 1 aromatic heterocycles. The molecule has 29 heavy (non-hydrogen) atoms. The third kappa shape index (κ3) is 4.34. The van der Waals surface area contributed by atoms with Crippen molar-refractivity contribution in [2.45, 2.75) is 6.54 Å². The number of rotatable bonds is 5. The Balaban J connectivity index is 1.60. The molecule has 0 unspecified atom stereocenters.